The van der Waals surface area contributed by atoms with Gasteiger partial charge in [-0.1, -0.05) is 0 Å². The van der Waals surface area contributed by atoms with Crippen LogP contribution in [0.2, 0.25) is 0 Å². The molecule has 8 nitrogen and oxygen atoms in total. The fourth-order valence-corrected chi connectivity index (χ4v) is 3.56. The molecule has 0 spiro atoms. The lowest BCUT2D eigenvalue weighted by Gasteiger charge is -2.32. The van der Waals surface area contributed by atoms with Gasteiger partial charge in [0.25, 0.3) is 5.91 Å². The first-order valence-corrected chi connectivity index (χ1v) is 8.56. The standard InChI is InChI=1S/C17H22N4O4/c18-16(23)11-9-19-12(10-21-8-4-5-13(21)22)14(17(24)25)15(11)20-6-2-1-3-7-20/h9H,1-8,10H2,(H2,18,23)(H,24,25). The van der Waals surface area contributed by atoms with Crippen molar-refractivity contribution in [1.82, 2.24) is 9.88 Å². The zero-order chi connectivity index (χ0) is 18.0. The van der Waals surface area contributed by atoms with Gasteiger partial charge in [0.2, 0.25) is 5.91 Å². The molecule has 8 heteroatoms. The fraction of sp³-hybridized carbons (Fsp3) is 0.529. The van der Waals surface area contributed by atoms with Crippen LogP contribution in [0.15, 0.2) is 6.20 Å². The Kier molecular flexibility index (Phi) is 4.87. The summed E-state index contributed by atoms with van der Waals surface area (Å²) in [6.45, 7) is 2.08. The van der Waals surface area contributed by atoms with Gasteiger partial charge < -0.3 is 20.6 Å². The molecule has 0 atom stereocenters. The van der Waals surface area contributed by atoms with Gasteiger partial charge in [0.15, 0.2) is 0 Å². The van der Waals surface area contributed by atoms with Gasteiger partial charge in [0, 0.05) is 32.3 Å². The molecule has 3 N–H and O–H groups in total. The number of hydrogen-bond acceptors (Lipinski definition) is 5. The van der Waals surface area contributed by atoms with E-state index in [1.165, 1.54) is 6.20 Å². The third-order valence-electron chi connectivity index (χ3n) is 4.79. The van der Waals surface area contributed by atoms with Crippen molar-refractivity contribution in [1.29, 1.82) is 0 Å². The molecule has 0 aromatic carbocycles. The summed E-state index contributed by atoms with van der Waals surface area (Å²) in [5.74, 6) is -1.85. The average Bonchev–Trinajstić information content (AvgIpc) is 2.99. The number of amides is 2. The van der Waals surface area contributed by atoms with E-state index in [2.05, 4.69) is 4.98 Å². The Morgan fingerprint density at radius 3 is 2.44 bits per heavy atom. The summed E-state index contributed by atoms with van der Waals surface area (Å²) in [5.41, 5.74) is 6.21. The number of likely N-dealkylation sites (tertiary alicyclic amines) is 1. The zero-order valence-electron chi connectivity index (χ0n) is 14.0. The smallest absolute Gasteiger partial charge is 0.339 e. The van der Waals surface area contributed by atoms with Crippen LogP contribution in [-0.4, -0.2) is 52.4 Å². The van der Waals surface area contributed by atoms with Crippen LogP contribution in [-0.2, 0) is 11.3 Å². The molecule has 1 aromatic rings. The number of aromatic nitrogens is 1. The Labute approximate surface area is 145 Å². The normalized spacial score (nSPS) is 17.8. The van der Waals surface area contributed by atoms with E-state index in [-0.39, 0.29) is 23.6 Å². The third-order valence-corrected chi connectivity index (χ3v) is 4.79. The Morgan fingerprint density at radius 1 is 1.16 bits per heavy atom. The molecular formula is C17H22N4O4. The lowest BCUT2D eigenvalue weighted by Crippen LogP contribution is -2.34. The Bertz CT molecular complexity index is 713. The molecule has 2 saturated heterocycles. The number of rotatable bonds is 5. The quantitative estimate of drug-likeness (QED) is 0.821. The van der Waals surface area contributed by atoms with Crippen LogP contribution >= 0.6 is 0 Å². The van der Waals surface area contributed by atoms with Crippen molar-refractivity contribution in [2.45, 2.75) is 38.6 Å². The minimum absolute atomic E-state index is 0.00311. The topological polar surface area (TPSA) is 117 Å². The molecule has 2 aliphatic heterocycles. The van der Waals surface area contributed by atoms with Crippen LogP contribution in [0.3, 0.4) is 0 Å². The molecule has 134 valence electrons. The van der Waals surface area contributed by atoms with Crippen molar-refractivity contribution < 1.29 is 19.5 Å². The molecule has 0 radical (unpaired) electrons. The molecule has 2 fully saturated rings. The highest BCUT2D eigenvalue weighted by molar-refractivity contribution is 6.06. The van der Waals surface area contributed by atoms with Gasteiger partial charge in [-0.15, -0.1) is 0 Å². The van der Waals surface area contributed by atoms with Crippen molar-refractivity contribution >= 4 is 23.5 Å². The second-order valence-corrected chi connectivity index (χ2v) is 6.48. The Balaban J connectivity index is 2.07. The number of piperidine rings is 1. The number of primary amides is 1. The van der Waals surface area contributed by atoms with E-state index in [9.17, 15) is 19.5 Å². The van der Waals surface area contributed by atoms with Crippen molar-refractivity contribution in [2.75, 3.05) is 24.5 Å². The molecule has 0 unspecified atom stereocenters. The summed E-state index contributed by atoms with van der Waals surface area (Å²) in [6.07, 6.45) is 5.51. The first-order valence-electron chi connectivity index (χ1n) is 8.56. The number of pyridine rings is 1. The van der Waals surface area contributed by atoms with E-state index >= 15 is 0 Å². The summed E-state index contributed by atoms with van der Waals surface area (Å²) in [5, 5.41) is 9.80. The number of nitrogens with zero attached hydrogens (tertiary/aromatic N) is 3. The van der Waals surface area contributed by atoms with Gasteiger partial charge >= 0.3 is 5.97 Å². The van der Waals surface area contributed by atoms with E-state index in [0.29, 0.717) is 37.4 Å². The van der Waals surface area contributed by atoms with Crippen LogP contribution < -0.4 is 10.6 Å². The molecule has 0 saturated carbocycles. The highest BCUT2D eigenvalue weighted by Crippen LogP contribution is 2.31. The second-order valence-electron chi connectivity index (χ2n) is 6.48. The van der Waals surface area contributed by atoms with Crippen LogP contribution in [0.1, 0.15) is 58.5 Å². The zero-order valence-corrected chi connectivity index (χ0v) is 14.0. The fourth-order valence-electron chi connectivity index (χ4n) is 3.56. The minimum atomic E-state index is -1.15. The van der Waals surface area contributed by atoms with Crippen LogP contribution in [0.4, 0.5) is 5.69 Å². The van der Waals surface area contributed by atoms with Crippen molar-refractivity contribution in [3.8, 4) is 0 Å². The lowest BCUT2D eigenvalue weighted by molar-refractivity contribution is -0.128. The first-order chi connectivity index (χ1) is 12.0. The highest BCUT2D eigenvalue weighted by atomic mass is 16.4. The molecule has 3 rings (SSSR count). The predicted octanol–water partition coefficient (Wildman–Crippen LogP) is 0.991. The van der Waals surface area contributed by atoms with Crippen LogP contribution in [0.5, 0.6) is 0 Å². The van der Waals surface area contributed by atoms with Gasteiger partial charge in [-0.2, -0.15) is 0 Å². The Morgan fingerprint density at radius 2 is 1.88 bits per heavy atom. The molecule has 2 amide bonds. The van der Waals surface area contributed by atoms with E-state index < -0.39 is 11.9 Å². The monoisotopic (exact) mass is 346 g/mol. The van der Waals surface area contributed by atoms with Crippen molar-refractivity contribution in [3.63, 3.8) is 0 Å². The molecule has 0 bridgehead atoms. The lowest BCUT2D eigenvalue weighted by atomic mass is 10.0. The van der Waals surface area contributed by atoms with Crippen molar-refractivity contribution in [2.24, 2.45) is 5.73 Å². The first kappa shape index (κ1) is 17.2. The maximum Gasteiger partial charge on any atom is 0.339 e. The summed E-state index contributed by atoms with van der Waals surface area (Å²) in [4.78, 5) is 43.4. The number of hydrogen-bond donors (Lipinski definition) is 2. The van der Waals surface area contributed by atoms with Crippen LogP contribution in [0.25, 0.3) is 0 Å². The molecular weight excluding hydrogens is 324 g/mol. The number of carbonyl (C=O) groups excluding carboxylic acids is 2. The maximum absolute atomic E-state index is 12.0. The molecule has 0 aliphatic carbocycles. The second kappa shape index (κ2) is 7.08. The number of aromatic carboxylic acids is 1. The van der Waals surface area contributed by atoms with Gasteiger partial charge in [-0.3, -0.25) is 14.6 Å². The predicted molar refractivity (Wildman–Crippen MR) is 90.4 cm³/mol. The average molecular weight is 346 g/mol. The molecule has 3 heterocycles. The highest BCUT2D eigenvalue weighted by Gasteiger charge is 2.30. The summed E-state index contributed by atoms with van der Waals surface area (Å²) in [7, 11) is 0. The molecule has 1 aromatic heterocycles. The number of carboxylic acid groups (broad SMARTS) is 1. The van der Waals surface area contributed by atoms with Crippen molar-refractivity contribution in [3.05, 3.63) is 23.0 Å². The van der Waals surface area contributed by atoms with Gasteiger partial charge in [-0.25, -0.2) is 4.79 Å². The molecule has 2 aliphatic rings. The summed E-state index contributed by atoms with van der Waals surface area (Å²) in [6, 6.07) is 0. The SMILES string of the molecule is NC(=O)c1cnc(CN2CCCC2=O)c(C(=O)O)c1N1CCCCC1. The Hall–Kier alpha value is -2.64. The number of carboxylic acids is 1. The number of carbonyl (C=O) groups is 3. The third kappa shape index (κ3) is 3.42. The van der Waals surface area contributed by atoms with Gasteiger partial charge in [-0.05, 0) is 25.7 Å². The van der Waals surface area contributed by atoms with Crippen LogP contribution in [0, 0.1) is 0 Å². The number of nitrogens with two attached hydrogens (primary N) is 1. The van der Waals surface area contributed by atoms with E-state index in [1.54, 1.807) is 4.90 Å². The summed E-state index contributed by atoms with van der Waals surface area (Å²) >= 11 is 0. The van der Waals surface area contributed by atoms with E-state index in [1.807, 2.05) is 4.90 Å². The van der Waals surface area contributed by atoms with E-state index in [4.69, 9.17) is 5.73 Å². The summed E-state index contributed by atoms with van der Waals surface area (Å²) < 4.78 is 0. The largest absolute Gasteiger partial charge is 0.478 e. The van der Waals surface area contributed by atoms with Gasteiger partial charge in [0.1, 0.15) is 5.56 Å². The number of anilines is 1. The van der Waals surface area contributed by atoms with E-state index in [0.717, 1.165) is 25.7 Å². The van der Waals surface area contributed by atoms with Gasteiger partial charge in [0.05, 0.1) is 23.5 Å². The minimum Gasteiger partial charge on any atom is -0.478 e. The molecule has 25 heavy (non-hydrogen) atoms. The maximum atomic E-state index is 12.0.